The van der Waals surface area contributed by atoms with Crippen LogP contribution in [0, 0.1) is 12.8 Å². The van der Waals surface area contributed by atoms with Crippen LogP contribution in [-0.2, 0) is 20.7 Å². The van der Waals surface area contributed by atoms with E-state index in [1.165, 1.54) is 0 Å². The molecule has 172 valence electrons. The predicted molar refractivity (Wildman–Crippen MR) is 126 cm³/mol. The van der Waals surface area contributed by atoms with Crippen LogP contribution >= 0.6 is 0 Å². The maximum absolute atomic E-state index is 11.2. The highest BCUT2D eigenvalue weighted by Gasteiger charge is 2.24. The third-order valence-corrected chi connectivity index (χ3v) is 5.08. The van der Waals surface area contributed by atoms with Crippen LogP contribution in [0.1, 0.15) is 51.0 Å². The molecule has 0 spiro atoms. The molecule has 1 atom stereocenters. The fourth-order valence-corrected chi connectivity index (χ4v) is 3.09. The Morgan fingerprint density at radius 3 is 2.81 bits per heavy atom. The van der Waals surface area contributed by atoms with Crippen molar-refractivity contribution in [2.75, 3.05) is 13.2 Å². The minimum absolute atomic E-state index is 0.210. The van der Waals surface area contributed by atoms with Crippen molar-refractivity contribution in [1.29, 1.82) is 0 Å². The van der Waals surface area contributed by atoms with Gasteiger partial charge in [-0.2, -0.15) is 0 Å². The monoisotopic (exact) mass is 439 g/mol. The molecule has 6 heteroatoms. The summed E-state index contributed by atoms with van der Waals surface area (Å²) in [4.78, 5) is 15.8. The molecule has 0 aromatic carbocycles. The molecule has 1 N–H and O–H groups in total. The number of oxazole rings is 1. The highest BCUT2D eigenvalue weighted by atomic mass is 16.5. The van der Waals surface area contributed by atoms with E-state index < -0.39 is 11.9 Å². The molecule has 1 aromatic heterocycles. The van der Waals surface area contributed by atoms with Gasteiger partial charge in [-0.05, 0) is 58.6 Å². The van der Waals surface area contributed by atoms with Crippen molar-refractivity contribution in [1.82, 2.24) is 4.98 Å². The molecule has 1 unspecified atom stereocenters. The molecule has 0 amide bonds. The van der Waals surface area contributed by atoms with Crippen LogP contribution in [0.25, 0.3) is 5.57 Å². The van der Waals surface area contributed by atoms with Crippen LogP contribution in [0.3, 0.4) is 0 Å². The van der Waals surface area contributed by atoms with Gasteiger partial charge in [-0.15, -0.1) is 0 Å². The summed E-state index contributed by atoms with van der Waals surface area (Å²) in [7, 11) is 0. The number of hydrogen-bond donors (Lipinski definition) is 1. The van der Waals surface area contributed by atoms with E-state index in [0.717, 1.165) is 41.2 Å². The number of rotatable bonds is 11. The molecular formula is C26H33NO5. The number of aryl methyl sites for hydroxylation is 2. The lowest BCUT2D eigenvalue weighted by Gasteiger charge is -2.22. The number of ether oxygens (including phenoxy) is 2. The van der Waals surface area contributed by atoms with Crippen molar-refractivity contribution < 1.29 is 23.8 Å². The summed E-state index contributed by atoms with van der Waals surface area (Å²) in [5.41, 5.74) is 2.74. The molecule has 6 nitrogen and oxygen atoms in total. The van der Waals surface area contributed by atoms with Gasteiger partial charge in [0, 0.05) is 5.57 Å². The van der Waals surface area contributed by atoms with Crippen LogP contribution < -0.4 is 0 Å². The number of carbonyl (C=O) groups is 1. The Morgan fingerprint density at radius 1 is 1.31 bits per heavy atom. The largest absolute Gasteiger partial charge is 0.497 e. The van der Waals surface area contributed by atoms with Gasteiger partial charge in [0.05, 0.1) is 24.0 Å². The number of nitrogens with zero attached hydrogens (tertiary/aromatic N) is 1. The lowest BCUT2D eigenvalue weighted by molar-refractivity contribution is -0.143. The van der Waals surface area contributed by atoms with Crippen LogP contribution in [0.15, 0.2) is 70.6 Å². The van der Waals surface area contributed by atoms with E-state index >= 15 is 0 Å². The first-order chi connectivity index (χ1) is 15.3. The molecule has 0 saturated carbocycles. The van der Waals surface area contributed by atoms with Crippen LogP contribution in [0.4, 0.5) is 0 Å². The molecule has 1 aliphatic heterocycles. The van der Waals surface area contributed by atoms with Gasteiger partial charge in [-0.25, -0.2) is 4.98 Å². The minimum Gasteiger partial charge on any atom is -0.497 e. The fourth-order valence-electron chi connectivity index (χ4n) is 3.09. The third-order valence-electron chi connectivity index (χ3n) is 5.08. The van der Waals surface area contributed by atoms with Gasteiger partial charge < -0.3 is 19.0 Å². The van der Waals surface area contributed by atoms with Gasteiger partial charge in [0.1, 0.15) is 18.1 Å². The normalized spacial score (nSPS) is 17.5. The molecular weight excluding hydrogens is 406 g/mol. The van der Waals surface area contributed by atoms with E-state index in [9.17, 15) is 9.90 Å². The predicted octanol–water partition coefficient (Wildman–Crippen LogP) is 5.93. The van der Waals surface area contributed by atoms with E-state index in [4.69, 9.17) is 13.9 Å². The molecule has 32 heavy (non-hydrogen) atoms. The summed E-state index contributed by atoms with van der Waals surface area (Å²) in [5.74, 6) is 1.34. The molecule has 0 saturated heterocycles. The Hall–Kier alpha value is -3.28. The van der Waals surface area contributed by atoms with E-state index in [1.54, 1.807) is 6.08 Å². The van der Waals surface area contributed by atoms with Gasteiger partial charge in [0.2, 0.25) is 5.89 Å². The number of aliphatic carboxylic acids is 1. The lowest BCUT2D eigenvalue weighted by Crippen LogP contribution is -2.24. The summed E-state index contributed by atoms with van der Waals surface area (Å²) in [6.45, 7) is 12.3. The van der Waals surface area contributed by atoms with Gasteiger partial charge in [-0.3, -0.25) is 4.79 Å². The van der Waals surface area contributed by atoms with E-state index in [0.29, 0.717) is 24.7 Å². The van der Waals surface area contributed by atoms with E-state index in [-0.39, 0.29) is 6.61 Å². The minimum atomic E-state index is -0.847. The Kier molecular flexibility index (Phi) is 9.79. The number of carboxylic acid groups (broad SMARTS) is 1. The van der Waals surface area contributed by atoms with Gasteiger partial charge in [0.15, 0.2) is 0 Å². The SMILES string of the molecule is C=C(/C=C\C1=C(C)OCC(C(=O)O)C1)OCCCc1nc(/C(C)=C/C=C\C=C/C)oc1C. The first-order valence-electron chi connectivity index (χ1n) is 10.8. The summed E-state index contributed by atoms with van der Waals surface area (Å²) >= 11 is 0. The van der Waals surface area contributed by atoms with Gasteiger partial charge >= 0.3 is 5.97 Å². The molecule has 0 bridgehead atoms. The molecule has 0 aliphatic carbocycles. The summed E-state index contributed by atoms with van der Waals surface area (Å²) in [6.07, 6.45) is 15.4. The molecule has 1 aromatic rings. The fraction of sp³-hybridized carbons (Fsp3) is 0.385. The Labute approximate surface area is 190 Å². The second-order valence-electron chi connectivity index (χ2n) is 7.67. The summed E-state index contributed by atoms with van der Waals surface area (Å²) < 4.78 is 16.9. The second kappa shape index (κ2) is 12.5. The van der Waals surface area contributed by atoms with Crippen molar-refractivity contribution in [3.63, 3.8) is 0 Å². The van der Waals surface area contributed by atoms with Crippen molar-refractivity contribution in [2.24, 2.45) is 5.92 Å². The van der Waals surface area contributed by atoms with Crippen LogP contribution in [0.5, 0.6) is 0 Å². The molecule has 0 fully saturated rings. The zero-order valence-corrected chi connectivity index (χ0v) is 19.4. The van der Waals surface area contributed by atoms with Crippen LogP contribution in [0.2, 0.25) is 0 Å². The number of carboxylic acids is 1. The van der Waals surface area contributed by atoms with E-state index in [1.807, 2.05) is 64.2 Å². The quantitative estimate of drug-likeness (QED) is 0.261. The second-order valence-corrected chi connectivity index (χ2v) is 7.67. The maximum atomic E-state index is 11.2. The highest BCUT2D eigenvalue weighted by Crippen LogP contribution is 2.25. The zero-order chi connectivity index (χ0) is 23.5. The Balaban J connectivity index is 1.81. The average Bonchev–Trinajstić information content (AvgIpc) is 3.14. The van der Waals surface area contributed by atoms with E-state index in [2.05, 4.69) is 11.6 Å². The van der Waals surface area contributed by atoms with Gasteiger partial charge in [-0.1, -0.05) is 43.0 Å². The summed E-state index contributed by atoms with van der Waals surface area (Å²) in [5, 5.41) is 9.18. The third kappa shape index (κ3) is 7.76. The van der Waals surface area contributed by atoms with Gasteiger partial charge in [0.25, 0.3) is 0 Å². The number of aromatic nitrogens is 1. The summed E-state index contributed by atoms with van der Waals surface area (Å²) in [6, 6.07) is 0. The smallest absolute Gasteiger partial charge is 0.310 e. The highest BCUT2D eigenvalue weighted by molar-refractivity contribution is 5.71. The Bertz CT molecular complexity index is 959. The number of hydrogen-bond acceptors (Lipinski definition) is 5. The average molecular weight is 440 g/mol. The number of allylic oxidation sites excluding steroid dienone is 10. The Morgan fingerprint density at radius 2 is 2.09 bits per heavy atom. The van der Waals surface area contributed by atoms with Crippen LogP contribution in [-0.4, -0.2) is 29.3 Å². The first-order valence-corrected chi connectivity index (χ1v) is 10.8. The van der Waals surface area contributed by atoms with Crippen molar-refractivity contribution in [2.45, 2.75) is 47.0 Å². The van der Waals surface area contributed by atoms with Crippen molar-refractivity contribution in [3.05, 3.63) is 83.5 Å². The van der Waals surface area contributed by atoms with Crippen molar-refractivity contribution in [3.8, 4) is 0 Å². The maximum Gasteiger partial charge on any atom is 0.310 e. The zero-order valence-electron chi connectivity index (χ0n) is 19.4. The molecule has 2 heterocycles. The lowest BCUT2D eigenvalue weighted by atomic mass is 9.96. The molecule has 2 rings (SSSR count). The topological polar surface area (TPSA) is 81.8 Å². The molecule has 1 aliphatic rings. The first kappa shape index (κ1) is 25.0. The molecule has 0 radical (unpaired) electrons. The standard InChI is InChI=1S/C26H33NO5/c1-6-7-8-9-11-18(2)25-27-24(21(5)32-25)12-10-15-30-19(3)13-14-22-16-23(26(28)29)17-31-20(22)4/h6-9,11,13-14,23H,3,10,12,15-17H2,1-2,4-5H3,(H,28,29)/b7-6-,9-8-,14-13-,18-11+. The van der Waals surface area contributed by atoms with Crippen molar-refractivity contribution >= 4 is 11.5 Å².